The standard InChI is InChI=1S/C14H22F3N3/c1-9(18-14(15,16)17)20-11(13(5,6)7)8-10(19-20)12(2,3)4/h8H,1-7H3/b18-9+. The Balaban J connectivity index is 3.46. The number of nitrogens with zero attached hydrogens (tertiary/aromatic N) is 3. The zero-order valence-corrected chi connectivity index (χ0v) is 13.1. The van der Waals surface area contributed by atoms with E-state index in [9.17, 15) is 13.2 Å². The van der Waals surface area contributed by atoms with Gasteiger partial charge in [0.2, 0.25) is 0 Å². The second-order valence-electron chi connectivity index (χ2n) is 6.95. The molecule has 0 saturated heterocycles. The highest BCUT2D eigenvalue weighted by Crippen LogP contribution is 2.29. The summed E-state index contributed by atoms with van der Waals surface area (Å²) in [6.07, 6.45) is -4.59. The molecule has 1 aromatic rings. The molecule has 0 saturated carbocycles. The van der Waals surface area contributed by atoms with E-state index in [1.54, 1.807) is 0 Å². The molecule has 0 unspecified atom stereocenters. The van der Waals surface area contributed by atoms with Gasteiger partial charge in [0.1, 0.15) is 5.84 Å². The van der Waals surface area contributed by atoms with Crippen molar-refractivity contribution in [3.8, 4) is 0 Å². The molecule has 1 aromatic heterocycles. The minimum Gasteiger partial charge on any atom is -0.223 e. The van der Waals surface area contributed by atoms with Crippen molar-refractivity contribution in [2.75, 3.05) is 0 Å². The van der Waals surface area contributed by atoms with Gasteiger partial charge in [-0.05, 0) is 13.0 Å². The largest absolute Gasteiger partial charge is 0.504 e. The zero-order valence-electron chi connectivity index (χ0n) is 13.1. The zero-order chi connectivity index (χ0) is 15.9. The third-order valence-corrected chi connectivity index (χ3v) is 2.84. The number of hydrogen-bond donors (Lipinski definition) is 0. The molecule has 0 aliphatic rings. The van der Waals surface area contributed by atoms with E-state index in [2.05, 4.69) is 10.1 Å². The summed E-state index contributed by atoms with van der Waals surface area (Å²) in [5.41, 5.74) is 0.912. The number of rotatable bonds is 0. The molecule has 0 aliphatic carbocycles. The van der Waals surface area contributed by atoms with Crippen molar-refractivity contribution in [1.29, 1.82) is 0 Å². The van der Waals surface area contributed by atoms with Crippen molar-refractivity contribution in [2.45, 2.75) is 65.6 Å². The maximum atomic E-state index is 12.4. The van der Waals surface area contributed by atoms with Gasteiger partial charge in [0, 0.05) is 10.8 Å². The molecule has 0 radical (unpaired) electrons. The van der Waals surface area contributed by atoms with Crippen LogP contribution < -0.4 is 0 Å². The Hall–Kier alpha value is -1.33. The molecule has 20 heavy (non-hydrogen) atoms. The smallest absolute Gasteiger partial charge is 0.223 e. The number of aromatic nitrogens is 2. The molecular formula is C14H22F3N3. The van der Waals surface area contributed by atoms with Crippen LogP contribution in [0.1, 0.15) is 59.9 Å². The van der Waals surface area contributed by atoms with Gasteiger partial charge in [0.15, 0.2) is 0 Å². The fourth-order valence-electron chi connectivity index (χ4n) is 1.76. The van der Waals surface area contributed by atoms with Gasteiger partial charge >= 0.3 is 6.30 Å². The van der Waals surface area contributed by atoms with Crippen molar-refractivity contribution in [1.82, 2.24) is 9.78 Å². The average Bonchev–Trinajstić information content (AvgIpc) is 2.56. The SMILES string of the molecule is C/C(=N\C(F)(F)F)n1nc(C(C)(C)C)cc1C(C)(C)C. The van der Waals surface area contributed by atoms with Gasteiger partial charge in [-0.25, -0.2) is 4.68 Å². The lowest BCUT2D eigenvalue weighted by Gasteiger charge is -2.20. The van der Waals surface area contributed by atoms with Crippen LogP contribution in [0.5, 0.6) is 0 Å². The summed E-state index contributed by atoms with van der Waals surface area (Å²) in [5.74, 6) is -0.169. The van der Waals surface area contributed by atoms with Crippen molar-refractivity contribution in [2.24, 2.45) is 4.99 Å². The van der Waals surface area contributed by atoms with E-state index < -0.39 is 6.30 Å². The maximum absolute atomic E-state index is 12.4. The molecule has 0 spiro atoms. The predicted octanol–water partition coefficient (Wildman–Crippen LogP) is 4.26. The molecule has 1 heterocycles. The number of aliphatic imine (C=N–C) groups is 1. The molecular weight excluding hydrogens is 267 g/mol. The Kier molecular flexibility index (Phi) is 4.09. The highest BCUT2D eigenvalue weighted by molar-refractivity contribution is 5.82. The number of halogens is 3. The topological polar surface area (TPSA) is 30.2 Å². The second-order valence-corrected chi connectivity index (χ2v) is 6.95. The lowest BCUT2D eigenvalue weighted by molar-refractivity contribution is -0.119. The summed E-state index contributed by atoms with van der Waals surface area (Å²) in [5, 5.41) is 4.32. The molecule has 1 rings (SSSR count). The molecule has 0 aliphatic heterocycles. The molecule has 0 atom stereocenters. The lowest BCUT2D eigenvalue weighted by Crippen LogP contribution is -2.24. The highest BCUT2D eigenvalue weighted by atomic mass is 19.4. The van der Waals surface area contributed by atoms with Gasteiger partial charge in [0.25, 0.3) is 0 Å². The third-order valence-electron chi connectivity index (χ3n) is 2.84. The van der Waals surface area contributed by atoms with E-state index in [1.165, 1.54) is 11.6 Å². The first kappa shape index (κ1) is 16.7. The Bertz CT molecular complexity index is 511. The Morgan fingerprint density at radius 2 is 1.55 bits per heavy atom. The number of alkyl halides is 3. The highest BCUT2D eigenvalue weighted by Gasteiger charge is 2.30. The molecule has 6 heteroatoms. The van der Waals surface area contributed by atoms with Crippen LogP contribution in [0, 0.1) is 0 Å². The summed E-state index contributed by atoms with van der Waals surface area (Å²) in [7, 11) is 0. The first-order chi connectivity index (χ1) is 8.72. The Labute approximate surface area is 117 Å². The lowest BCUT2D eigenvalue weighted by atomic mass is 9.88. The first-order valence-electron chi connectivity index (χ1n) is 6.46. The van der Waals surface area contributed by atoms with Crippen molar-refractivity contribution >= 4 is 5.84 Å². The van der Waals surface area contributed by atoms with Crippen LogP contribution in [-0.2, 0) is 10.8 Å². The van der Waals surface area contributed by atoms with Crippen LogP contribution in [0.4, 0.5) is 13.2 Å². The molecule has 0 bridgehead atoms. The predicted molar refractivity (Wildman–Crippen MR) is 74.2 cm³/mol. The fourth-order valence-corrected chi connectivity index (χ4v) is 1.76. The average molecular weight is 289 g/mol. The summed E-state index contributed by atoms with van der Waals surface area (Å²) >= 11 is 0. The molecule has 0 amide bonds. The summed E-state index contributed by atoms with van der Waals surface area (Å²) < 4.78 is 38.6. The minimum absolute atomic E-state index is 0.169. The summed E-state index contributed by atoms with van der Waals surface area (Å²) in [6, 6.07) is 1.86. The van der Waals surface area contributed by atoms with Crippen LogP contribution in [0.15, 0.2) is 11.1 Å². The summed E-state index contributed by atoms with van der Waals surface area (Å²) in [4.78, 5) is 2.77. The Morgan fingerprint density at radius 3 is 1.90 bits per heavy atom. The first-order valence-corrected chi connectivity index (χ1v) is 6.46. The van der Waals surface area contributed by atoms with Gasteiger partial charge in [0.05, 0.1) is 11.4 Å². The number of hydrogen-bond acceptors (Lipinski definition) is 2. The van der Waals surface area contributed by atoms with Crippen LogP contribution in [0.25, 0.3) is 0 Å². The van der Waals surface area contributed by atoms with E-state index in [0.29, 0.717) is 5.69 Å². The van der Waals surface area contributed by atoms with Gasteiger partial charge < -0.3 is 0 Å². The summed E-state index contributed by atoms with van der Waals surface area (Å²) in [6.45, 7) is 13.1. The van der Waals surface area contributed by atoms with Gasteiger partial charge in [-0.1, -0.05) is 41.5 Å². The van der Waals surface area contributed by atoms with Crippen LogP contribution in [0.3, 0.4) is 0 Å². The van der Waals surface area contributed by atoms with E-state index in [0.717, 1.165) is 5.69 Å². The molecule has 0 N–H and O–H groups in total. The van der Waals surface area contributed by atoms with E-state index in [4.69, 9.17) is 0 Å². The second kappa shape index (κ2) is 4.90. The van der Waals surface area contributed by atoms with Crippen LogP contribution in [-0.4, -0.2) is 21.9 Å². The van der Waals surface area contributed by atoms with Crippen LogP contribution in [0.2, 0.25) is 0 Å². The molecule has 0 aromatic carbocycles. The Morgan fingerprint density at radius 1 is 1.05 bits per heavy atom. The molecule has 114 valence electrons. The van der Waals surface area contributed by atoms with E-state index in [-0.39, 0.29) is 16.7 Å². The quantitative estimate of drug-likeness (QED) is 0.398. The fraction of sp³-hybridized carbons (Fsp3) is 0.714. The van der Waals surface area contributed by atoms with Gasteiger partial charge in [-0.15, -0.1) is 13.2 Å². The maximum Gasteiger partial charge on any atom is 0.504 e. The van der Waals surface area contributed by atoms with Crippen LogP contribution >= 0.6 is 0 Å². The molecule has 3 nitrogen and oxygen atoms in total. The van der Waals surface area contributed by atoms with Crippen molar-refractivity contribution in [3.05, 3.63) is 17.5 Å². The molecule has 0 fully saturated rings. The van der Waals surface area contributed by atoms with Gasteiger partial charge in [-0.3, -0.25) is 0 Å². The van der Waals surface area contributed by atoms with Gasteiger partial charge in [-0.2, -0.15) is 10.1 Å². The monoisotopic (exact) mass is 289 g/mol. The van der Waals surface area contributed by atoms with E-state index in [1.807, 2.05) is 47.6 Å². The van der Waals surface area contributed by atoms with Crippen molar-refractivity contribution < 1.29 is 13.2 Å². The third kappa shape index (κ3) is 4.08. The van der Waals surface area contributed by atoms with E-state index >= 15 is 0 Å². The normalized spacial score (nSPS) is 14.8. The minimum atomic E-state index is -4.59. The van der Waals surface area contributed by atoms with Crippen molar-refractivity contribution in [3.63, 3.8) is 0 Å².